The highest BCUT2D eigenvalue weighted by Crippen LogP contribution is 2.36. The van der Waals surface area contributed by atoms with Gasteiger partial charge < -0.3 is 4.74 Å². The minimum Gasteiger partial charge on any atom is -0.463 e. The molecule has 0 saturated heterocycles. The average molecular weight is 226 g/mol. The first-order chi connectivity index (χ1) is 7.49. The van der Waals surface area contributed by atoms with E-state index >= 15 is 0 Å². The molecule has 0 aromatic carbocycles. The van der Waals surface area contributed by atoms with Crippen molar-refractivity contribution in [3.05, 3.63) is 0 Å². The Morgan fingerprint density at radius 1 is 1.38 bits per heavy atom. The first-order valence-electron chi connectivity index (χ1n) is 6.66. The molecule has 0 spiro atoms. The van der Waals surface area contributed by atoms with Gasteiger partial charge in [0.15, 0.2) is 0 Å². The highest BCUT2D eigenvalue weighted by atomic mass is 16.5. The smallest absolute Gasteiger partial charge is 0.302 e. The number of ether oxygens (including phenoxy) is 1. The van der Waals surface area contributed by atoms with E-state index < -0.39 is 0 Å². The summed E-state index contributed by atoms with van der Waals surface area (Å²) in [5.41, 5.74) is 0. The van der Waals surface area contributed by atoms with Crippen LogP contribution in [-0.4, -0.2) is 12.1 Å². The molecule has 1 saturated carbocycles. The zero-order valence-corrected chi connectivity index (χ0v) is 11.2. The van der Waals surface area contributed by atoms with Crippen molar-refractivity contribution in [2.75, 3.05) is 0 Å². The minimum atomic E-state index is -0.155. The van der Waals surface area contributed by atoms with Crippen LogP contribution in [0.3, 0.4) is 0 Å². The van der Waals surface area contributed by atoms with Gasteiger partial charge in [0.05, 0.1) is 6.10 Å². The molecule has 4 atom stereocenters. The Morgan fingerprint density at radius 3 is 2.62 bits per heavy atom. The predicted octanol–water partition coefficient (Wildman–Crippen LogP) is 3.79. The Hall–Kier alpha value is -0.530. The third-order valence-corrected chi connectivity index (χ3v) is 3.92. The van der Waals surface area contributed by atoms with Crippen LogP contribution >= 0.6 is 0 Å². The van der Waals surface area contributed by atoms with Crippen molar-refractivity contribution in [3.63, 3.8) is 0 Å². The summed E-state index contributed by atoms with van der Waals surface area (Å²) in [6, 6.07) is 0. The van der Waals surface area contributed by atoms with E-state index in [1.807, 2.05) is 6.92 Å². The van der Waals surface area contributed by atoms with Crippen molar-refractivity contribution >= 4 is 5.97 Å². The Labute approximate surface area is 99.8 Å². The number of esters is 1. The second kappa shape index (κ2) is 6.27. The van der Waals surface area contributed by atoms with Crippen LogP contribution in [0.1, 0.15) is 59.8 Å². The van der Waals surface area contributed by atoms with Crippen LogP contribution in [0.15, 0.2) is 0 Å². The van der Waals surface area contributed by atoms with E-state index in [1.54, 1.807) is 0 Å². The molecule has 0 aromatic heterocycles. The maximum absolute atomic E-state index is 10.8. The Bertz CT molecular complexity index is 225. The van der Waals surface area contributed by atoms with Gasteiger partial charge in [-0.2, -0.15) is 0 Å². The predicted molar refractivity (Wildman–Crippen MR) is 66.1 cm³/mol. The van der Waals surface area contributed by atoms with E-state index in [9.17, 15) is 4.79 Å². The van der Waals surface area contributed by atoms with E-state index in [0.29, 0.717) is 0 Å². The number of carbonyl (C=O) groups excluding carboxylic acids is 1. The van der Waals surface area contributed by atoms with E-state index in [2.05, 4.69) is 13.8 Å². The molecule has 1 aliphatic carbocycles. The molecular weight excluding hydrogens is 200 g/mol. The SMILES string of the molecule is CC(=O)O[C@H](C)CC[C@@H]1CC[C@@H](C)C[C@@H]1C. The van der Waals surface area contributed by atoms with Crippen LogP contribution in [0.25, 0.3) is 0 Å². The standard InChI is InChI=1S/C14H26O2/c1-10-5-7-14(11(2)9-10)8-6-12(3)16-13(4)15/h10-12,14H,5-9H2,1-4H3/t10-,11+,12-,14+/m1/s1. The minimum absolute atomic E-state index is 0.0871. The molecule has 1 rings (SSSR count). The van der Waals surface area contributed by atoms with E-state index in [1.165, 1.54) is 32.6 Å². The fourth-order valence-corrected chi connectivity index (χ4v) is 2.95. The van der Waals surface area contributed by atoms with Crippen LogP contribution in [0.4, 0.5) is 0 Å². The lowest BCUT2D eigenvalue weighted by atomic mass is 9.73. The van der Waals surface area contributed by atoms with E-state index in [-0.39, 0.29) is 12.1 Å². The van der Waals surface area contributed by atoms with Crippen molar-refractivity contribution < 1.29 is 9.53 Å². The lowest BCUT2D eigenvalue weighted by molar-refractivity contribution is -0.145. The van der Waals surface area contributed by atoms with Gasteiger partial charge in [-0.05, 0) is 50.4 Å². The lowest BCUT2D eigenvalue weighted by Crippen LogP contribution is -2.23. The topological polar surface area (TPSA) is 26.3 Å². The molecule has 0 radical (unpaired) electrons. The van der Waals surface area contributed by atoms with Gasteiger partial charge >= 0.3 is 5.97 Å². The summed E-state index contributed by atoms with van der Waals surface area (Å²) in [7, 11) is 0. The molecular formula is C14H26O2. The normalized spacial score (nSPS) is 32.1. The van der Waals surface area contributed by atoms with Gasteiger partial charge in [0.2, 0.25) is 0 Å². The first kappa shape index (κ1) is 13.5. The van der Waals surface area contributed by atoms with Crippen molar-refractivity contribution in [2.45, 2.75) is 65.9 Å². The molecule has 0 aromatic rings. The highest BCUT2D eigenvalue weighted by molar-refractivity contribution is 5.66. The monoisotopic (exact) mass is 226 g/mol. The second-order valence-corrected chi connectivity index (χ2v) is 5.65. The van der Waals surface area contributed by atoms with Crippen molar-refractivity contribution in [3.8, 4) is 0 Å². The van der Waals surface area contributed by atoms with Crippen LogP contribution in [0.5, 0.6) is 0 Å². The summed E-state index contributed by atoms with van der Waals surface area (Å²) in [6.45, 7) is 8.21. The molecule has 2 nitrogen and oxygen atoms in total. The summed E-state index contributed by atoms with van der Waals surface area (Å²) >= 11 is 0. The second-order valence-electron chi connectivity index (χ2n) is 5.65. The molecule has 1 aliphatic rings. The fraction of sp³-hybridized carbons (Fsp3) is 0.929. The van der Waals surface area contributed by atoms with Gasteiger partial charge in [-0.1, -0.05) is 20.3 Å². The third-order valence-electron chi connectivity index (χ3n) is 3.92. The molecule has 1 fully saturated rings. The largest absolute Gasteiger partial charge is 0.463 e. The Balaban J connectivity index is 2.24. The molecule has 2 heteroatoms. The molecule has 0 amide bonds. The van der Waals surface area contributed by atoms with Crippen molar-refractivity contribution in [2.24, 2.45) is 17.8 Å². The molecule has 0 heterocycles. The number of hydrogen-bond donors (Lipinski definition) is 0. The Morgan fingerprint density at radius 2 is 2.06 bits per heavy atom. The zero-order valence-electron chi connectivity index (χ0n) is 11.2. The van der Waals surface area contributed by atoms with Gasteiger partial charge in [-0.25, -0.2) is 0 Å². The Kier molecular flexibility index (Phi) is 5.30. The van der Waals surface area contributed by atoms with Crippen LogP contribution in [-0.2, 0) is 9.53 Å². The summed E-state index contributed by atoms with van der Waals surface area (Å²) < 4.78 is 5.16. The van der Waals surface area contributed by atoms with Crippen molar-refractivity contribution in [1.82, 2.24) is 0 Å². The molecule has 0 aliphatic heterocycles. The fourth-order valence-electron chi connectivity index (χ4n) is 2.95. The first-order valence-corrected chi connectivity index (χ1v) is 6.66. The summed E-state index contributed by atoms with van der Waals surface area (Å²) in [4.78, 5) is 10.8. The maximum Gasteiger partial charge on any atom is 0.302 e. The highest BCUT2D eigenvalue weighted by Gasteiger charge is 2.25. The summed E-state index contributed by atoms with van der Waals surface area (Å²) in [5, 5.41) is 0. The number of carbonyl (C=O) groups is 1. The van der Waals surface area contributed by atoms with Gasteiger partial charge in [0, 0.05) is 6.92 Å². The van der Waals surface area contributed by atoms with Gasteiger partial charge in [0.1, 0.15) is 0 Å². The maximum atomic E-state index is 10.8. The molecule has 0 unspecified atom stereocenters. The van der Waals surface area contributed by atoms with Gasteiger partial charge in [0.25, 0.3) is 0 Å². The van der Waals surface area contributed by atoms with Crippen LogP contribution in [0, 0.1) is 17.8 Å². The molecule has 94 valence electrons. The molecule has 0 N–H and O–H groups in total. The van der Waals surface area contributed by atoms with Gasteiger partial charge in [-0.15, -0.1) is 0 Å². The van der Waals surface area contributed by atoms with E-state index in [0.717, 1.165) is 24.2 Å². The zero-order chi connectivity index (χ0) is 12.1. The summed E-state index contributed by atoms with van der Waals surface area (Å²) in [6.07, 6.45) is 6.41. The van der Waals surface area contributed by atoms with Crippen LogP contribution < -0.4 is 0 Å². The summed E-state index contributed by atoms with van der Waals surface area (Å²) in [5.74, 6) is 2.43. The average Bonchev–Trinajstić information content (AvgIpc) is 2.15. The van der Waals surface area contributed by atoms with Crippen molar-refractivity contribution in [1.29, 1.82) is 0 Å². The van der Waals surface area contributed by atoms with Gasteiger partial charge in [-0.3, -0.25) is 4.79 Å². The third kappa shape index (κ3) is 4.54. The van der Waals surface area contributed by atoms with Crippen LogP contribution in [0.2, 0.25) is 0 Å². The lowest BCUT2D eigenvalue weighted by Gasteiger charge is -2.33. The number of hydrogen-bond acceptors (Lipinski definition) is 2. The molecule has 16 heavy (non-hydrogen) atoms. The van der Waals surface area contributed by atoms with E-state index in [4.69, 9.17) is 4.74 Å². The number of rotatable bonds is 4. The quantitative estimate of drug-likeness (QED) is 0.682. The molecule has 0 bridgehead atoms.